The average Bonchev–Trinajstić information content (AvgIpc) is 1.48. The molecule has 6 amide bonds. The van der Waals surface area contributed by atoms with Gasteiger partial charge in [0.25, 0.3) is 0 Å². The fraction of sp³-hybridized carbons (Fsp3) is 0.898. The van der Waals surface area contributed by atoms with Crippen molar-refractivity contribution in [1.29, 1.82) is 0 Å². The minimum Gasteiger partial charge on any atom is -0.394 e. The molecule has 0 aromatic carbocycles. The van der Waals surface area contributed by atoms with E-state index in [1.165, 1.54) is 0 Å². The van der Waals surface area contributed by atoms with Crippen molar-refractivity contribution < 1.29 is 156 Å². The molecule has 6 rings (SSSR count). The molecule has 17 N–H and O–H groups in total. The fourth-order valence-corrected chi connectivity index (χ4v) is 12.7. The lowest BCUT2D eigenvalue weighted by Gasteiger charge is -2.50. The lowest BCUT2D eigenvalue weighted by Crippen LogP contribution is -2.70. The normalized spacial score (nSPS) is 36.0. The minimum absolute atomic E-state index is 0.0148. The molecule has 23 atom stereocenters. The third-order valence-electron chi connectivity index (χ3n) is 14.9. The van der Waals surface area contributed by atoms with Gasteiger partial charge in [0.05, 0.1) is 78.2 Å². The molecule has 6 aliphatic rings. The standard InChI is InChI=1S/C49H84N6O33S3/c1-22(58)52-33-38(65)42(86-48-41(68)44(36(63)26(17-57)83-48)88-46-34(53-23(2)59)43(37(64)27(84-46)18-80-90(70,71)72)87-47-40(67)39(66)35(62)25(16-56)82-47)28(19-81-91(73,74)75)85-45(33)79-10-5-8-50-31(61)20-78-15-14-77-13-12-76-11-9-51-30(60)7-4-3-6-29-32-24(21-89-29)54-49(69)55-32/h24-29,32-48,56-57,62-68H,3-21H2,1-2H3,(H,50,61)(H,51,60)(H,52,58)(H,53,59)(H2,54,55,69)(H,70,71,72)(H,73,74,75)/t24-,25?,26?,27?,28?,29-,32-,33?,34?,35?,36?,37?,38?,39?,40?,41?,42?,43?,44?,45?,46?,47?,48?/m0/s1. The summed E-state index contributed by atoms with van der Waals surface area (Å²) in [7, 11) is -10.6. The molecule has 6 saturated heterocycles. The second kappa shape index (κ2) is 36.5. The van der Waals surface area contributed by atoms with Crippen LogP contribution in [0.15, 0.2) is 0 Å². The second-order valence-electron chi connectivity index (χ2n) is 21.7. The molecule has 6 aliphatic heterocycles. The smallest absolute Gasteiger partial charge is 0.394 e. The Kier molecular flexibility index (Phi) is 30.7. The van der Waals surface area contributed by atoms with Crippen LogP contribution in [0.1, 0.15) is 46.0 Å². The third kappa shape index (κ3) is 23.4. The predicted molar refractivity (Wildman–Crippen MR) is 299 cm³/mol. The van der Waals surface area contributed by atoms with Crippen LogP contribution in [0.25, 0.3) is 0 Å². The van der Waals surface area contributed by atoms with E-state index in [1.54, 1.807) is 0 Å². The molecule has 39 nitrogen and oxygen atoms in total. The Bertz CT molecular complexity index is 2540. The van der Waals surface area contributed by atoms with Crippen molar-refractivity contribution in [3.8, 4) is 0 Å². The number of nitrogens with one attached hydrogen (secondary N) is 6. The molecule has 6 heterocycles. The van der Waals surface area contributed by atoms with Crippen LogP contribution in [0.2, 0.25) is 0 Å². The van der Waals surface area contributed by atoms with Gasteiger partial charge in [-0.05, 0) is 19.3 Å². The Balaban J connectivity index is 0.984. The monoisotopic (exact) mass is 1380 g/mol. The summed E-state index contributed by atoms with van der Waals surface area (Å²) in [5, 5.41) is 115. The lowest BCUT2D eigenvalue weighted by molar-refractivity contribution is -0.376. The van der Waals surface area contributed by atoms with Crippen LogP contribution >= 0.6 is 11.8 Å². The number of carbonyl (C=O) groups excluding carboxylic acids is 5. The highest BCUT2D eigenvalue weighted by molar-refractivity contribution is 8.00. The molecule has 42 heteroatoms. The molecule has 0 bridgehead atoms. The van der Waals surface area contributed by atoms with Crippen LogP contribution in [0.5, 0.6) is 0 Å². The van der Waals surface area contributed by atoms with Gasteiger partial charge in [-0.3, -0.25) is 28.3 Å². The van der Waals surface area contributed by atoms with E-state index in [9.17, 15) is 95.9 Å². The van der Waals surface area contributed by atoms with Crippen molar-refractivity contribution >= 4 is 62.2 Å². The largest absolute Gasteiger partial charge is 0.397 e. The maximum atomic E-state index is 12.7. The minimum atomic E-state index is -5.30. The maximum Gasteiger partial charge on any atom is 0.397 e. The van der Waals surface area contributed by atoms with Crippen molar-refractivity contribution in [1.82, 2.24) is 31.9 Å². The first-order valence-electron chi connectivity index (χ1n) is 29.0. The van der Waals surface area contributed by atoms with Gasteiger partial charge in [-0.25, -0.2) is 13.2 Å². The number of ether oxygens (including phenoxy) is 11. The molecule has 0 saturated carbocycles. The Hall–Kier alpha value is -3.56. The van der Waals surface area contributed by atoms with E-state index in [2.05, 4.69) is 40.3 Å². The third-order valence-corrected chi connectivity index (χ3v) is 17.3. The summed E-state index contributed by atoms with van der Waals surface area (Å²) >= 11 is 1.83. The van der Waals surface area contributed by atoms with Crippen LogP contribution in [-0.4, -0.2) is 333 Å². The quantitative estimate of drug-likeness (QED) is 0.0156. The molecule has 526 valence electrons. The number of fused-ring (bicyclic) bond motifs is 1. The lowest BCUT2D eigenvalue weighted by atomic mass is 9.94. The van der Waals surface area contributed by atoms with Gasteiger partial charge in [0.2, 0.25) is 23.6 Å². The summed E-state index contributed by atoms with van der Waals surface area (Å²) < 4.78 is 137. The van der Waals surface area contributed by atoms with Crippen molar-refractivity contribution in [3.63, 3.8) is 0 Å². The number of hydrogen-bond acceptors (Lipinski definition) is 32. The van der Waals surface area contributed by atoms with E-state index in [0.29, 0.717) is 18.2 Å². The predicted octanol–water partition coefficient (Wildman–Crippen LogP) is -9.38. The Morgan fingerprint density at radius 2 is 1.11 bits per heavy atom. The Morgan fingerprint density at radius 3 is 1.76 bits per heavy atom. The zero-order valence-electron chi connectivity index (χ0n) is 49.3. The van der Waals surface area contributed by atoms with Crippen LogP contribution < -0.4 is 31.9 Å². The number of aliphatic hydroxyl groups is 9. The topological polar surface area (TPSA) is 568 Å². The van der Waals surface area contributed by atoms with Gasteiger partial charge in [-0.2, -0.15) is 28.6 Å². The van der Waals surface area contributed by atoms with Gasteiger partial charge >= 0.3 is 26.8 Å². The van der Waals surface area contributed by atoms with Crippen molar-refractivity contribution in [2.24, 2.45) is 0 Å². The highest BCUT2D eigenvalue weighted by Crippen LogP contribution is 2.36. The van der Waals surface area contributed by atoms with Crippen LogP contribution in [0.4, 0.5) is 4.79 Å². The van der Waals surface area contributed by atoms with Crippen LogP contribution in [0, 0.1) is 0 Å². The average molecular weight is 1380 g/mol. The number of unbranched alkanes of at least 4 members (excludes halogenated alkanes) is 1. The van der Waals surface area contributed by atoms with Gasteiger partial charge in [0.1, 0.15) is 104 Å². The molecular formula is C49H84N6O33S3. The number of aliphatic hydroxyl groups excluding tert-OH is 9. The number of hydrogen-bond donors (Lipinski definition) is 17. The van der Waals surface area contributed by atoms with E-state index < -0.39 is 188 Å². The molecule has 0 radical (unpaired) electrons. The van der Waals surface area contributed by atoms with E-state index in [4.69, 9.17) is 52.1 Å². The Morgan fingerprint density at radius 1 is 0.560 bits per heavy atom. The number of carbonyl (C=O) groups is 5. The molecule has 6 fully saturated rings. The molecule has 0 spiro atoms. The highest BCUT2D eigenvalue weighted by Gasteiger charge is 2.57. The summed E-state index contributed by atoms with van der Waals surface area (Å²) in [6.45, 7) is -1.91. The second-order valence-corrected chi connectivity index (χ2v) is 25.2. The van der Waals surface area contributed by atoms with Gasteiger partial charge in [0.15, 0.2) is 25.2 Å². The van der Waals surface area contributed by atoms with Crippen molar-refractivity contribution in [2.45, 2.75) is 186 Å². The van der Waals surface area contributed by atoms with E-state index in [0.717, 1.165) is 38.9 Å². The number of urea groups is 1. The molecule has 91 heavy (non-hydrogen) atoms. The van der Waals surface area contributed by atoms with E-state index in [1.807, 2.05) is 11.8 Å². The molecule has 0 aromatic rings. The summed E-state index contributed by atoms with van der Waals surface area (Å²) in [5.74, 6) is -1.45. The number of thioether (sulfide) groups is 1. The van der Waals surface area contributed by atoms with Crippen LogP contribution in [0.3, 0.4) is 0 Å². The van der Waals surface area contributed by atoms with Gasteiger partial charge in [-0.1, -0.05) is 6.42 Å². The van der Waals surface area contributed by atoms with Crippen molar-refractivity contribution in [3.05, 3.63) is 0 Å². The highest BCUT2D eigenvalue weighted by atomic mass is 32.3. The zero-order chi connectivity index (χ0) is 66.7. The maximum absolute atomic E-state index is 12.7. The molecule has 0 aliphatic carbocycles. The van der Waals surface area contributed by atoms with Gasteiger partial charge < -0.3 is 130 Å². The number of amides is 6. The van der Waals surface area contributed by atoms with E-state index >= 15 is 0 Å². The number of rotatable bonds is 37. The molecule has 20 unspecified atom stereocenters. The summed E-state index contributed by atoms with van der Waals surface area (Å²) in [4.78, 5) is 61.5. The van der Waals surface area contributed by atoms with E-state index in [-0.39, 0.29) is 83.2 Å². The molecular weight excluding hydrogens is 1300 g/mol. The first-order chi connectivity index (χ1) is 43.1. The van der Waals surface area contributed by atoms with Gasteiger partial charge in [0, 0.05) is 44.4 Å². The molecule has 0 aromatic heterocycles. The first-order valence-corrected chi connectivity index (χ1v) is 32.8. The SMILES string of the molecule is CC(=O)NC1C(OCCCNC(=O)COCCOCCOCCNC(=O)CCCC[C@@H]2SC[C@@H]3NC(=O)N[C@@H]32)OC(COS(=O)(=O)O)C(OC2OC(CO)C(O)C(OC3OC(COS(=O)(=O)O)C(O)C(OC4OC(CO)C(O)C(O)C4O)C3NC(C)=O)C2O)C1O. The fourth-order valence-electron chi connectivity index (χ4n) is 10.5. The first kappa shape index (κ1) is 76.5. The van der Waals surface area contributed by atoms with Crippen molar-refractivity contribution in [2.75, 3.05) is 91.5 Å². The zero-order valence-corrected chi connectivity index (χ0v) is 51.8. The summed E-state index contributed by atoms with van der Waals surface area (Å²) in [5.41, 5.74) is 0. The Labute approximate surface area is 526 Å². The van der Waals surface area contributed by atoms with Crippen LogP contribution in [-0.2, 0) is 100 Å². The summed E-state index contributed by atoms with van der Waals surface area (Å²) in [6.07, 6.45) is -33.5. The van der Waals surface area contributed by atoms with Gasteiger partial charge in [-0.15, -0.1) is 0 Å². The summed E-state index contributed by atoms with van der Waals surface area (Å²) in [6, 6.07) is -3.36.